The van der Waals surface area contributed by atoms with Crippen LogP contribution >= 0.6 is 0 Å². The van der Waals surface area contributed by atoms with E-state index in [-0.39, 0.29) is 0 Å². The van der Waals surface area contributed by atoms with Gasteiger partial charge in [-0.2, -0.15) is 0 Å². The number of carbonyl (C=O) groups is 1. The Balaban J connectivity index is 3.20. The largest absolute Gasteiger partial charge is 0.496 e. The van der Waals surface area contributed by atoms with Crippen LogP contribution in [-0.2, 0) is 4.79 Å². The molecular formula is C15H18O4. The van der Waals surface area contributed by atoms with Gasteiger partial charge in [-0.15, -0.1) is 0 Å². The molecule has 19 heavy (non-hydrogen) atoms. The topological polar surface area (TPSA) is 55.8 Å². The zero-order valence-corrected chi connectivity index (χ0v) is 11.6. The van der Waals surface area contributed by atoms with Gasteiger partial charge in [0.25, 0.3) is 0 Å². The summed E-state index contributed by atoms with van der Waals surface area (Å²) in [5.74, 6) is 0.522. The molecule has 0 fully saturated rings. The Hall–Kier alpha value is -2.23. The maximum atomic E-state index is 10.4. The lowest BCUT2D eigenvalue weighted by Gasteiger charge is -2.14. The van der Waals surface area contributed by atoms with Gasteiger partial charge in [-0.05, 0) is 31.6 Å². The van der Waals surface area contributed by atoms with Gasteiger partial charge < -0.3 is 14.6 Å². The highest BCUT2D eigenvalue weighted by atomic mass is 16.5. The smallest absolute Gasteiger partial charge is 0.328 e. The molecule has 0 unspecified atom stereocenters. The molecule has 102 valence electrons. The highest BCUT2D eigenvalue weighted by molar-refractivity contribution is 5.81. The highest BCUT2D eigenvalue weighted by Crippen LogP contribution is 2.34. The summed E-state index contributed by atoms with van der Waals surface area (Å²) < 4.78 is 10.6. The molecule has 0 amide bonds. The average molecular weight is 262 g/mol. The molecule has 0 aliphatic rings. The number of benzene rings is 1. The average Bonchev–Trinajstić information content (AvgIpc) is 2.37. The van der Waals surface area contributed by atoms with E-state index in [2.05, 4.69) is 0 Å². The van der Waals surface area contributed by atoms with E-state index in [1.807, 2.05) is 26.0 Å². The SMILES string of the molecule is COc1ccc(/C(C)=C/C=C/C(=O)O)c(OC)c1C. The van der Waals surface area contributed by atoms with Crippen LogP contribution in [0.4, 0.5) is 0 Å². The number of rotatable bonds is 5. The zero-order chi connectivity index (χ0) is 14.4. The Morgan fingerprint density at radius 2 is 1.95 bits per heavy atom. The van der Waals surface area contributed by atoms with Gasteiger partial charge in [-0.1, -0.05) is 12.2 Å². The second-order valence-corrected chi connectivity index (χ2v) is 4.02. The molecule has 1 N–H and O–H groups in total. The van der Waals surface area contributed by atoms with Crippen LogP contribution in [0.15, 0.2) is 30.4 Å². The van der Waals surface area contributed by atoms with Crippen molar-refractivity contribution in [1.29, 1.82) is 0 Å². The summed E-state index contributed by atoms with van der Waals surface area (Å²) in [7, 11) is 3.21. The van der Waals surface area contributed by atoms with Gasteiger partial charge in [0.1, 0.15) is 11.5 Å². The molecule has 0 bridgehead atoms. The number of carboxylic acid groups (broad SMARTS) is 1. The fourth-order valence-corrected chi connectivity index (χ4v) is 1.83. The minimum atomic E-state index is -0.970. The van der Waals surface area contributed by atoms with Crippen molar-refractivity contribution in [2.24, 2.45) is 0 Å². The van der Waals surface area contributed by atoms with Crippen molar-refractivity contribution >= 4 is 11.5 Å². The van der Waals surface area contributed by atoms with Crippen molar-refractivity contribution in [3.63, 3.8) is 0 Å². The summed E-state index contributed by atoms with van der Waals surface area (Å²) in [4.78, 5) is 10.4. The van der Waals surface area contributed by atoms with Crippen LogP contribution in [-0.4, -0.2) is 25.3 Å². The van der Waals surface area contributed by atoms with Crippen LogP contribution in [0.2, 0.25) is 0 Å². The van der Waals surface area contributed by atoms with Gasteiger partial charge in [-0.25, -0.2) is 4.79 Å². The standard InChI is InChI=1S/C15H18O4/c1-10(6-5-7-14(16)17)12-8-9-13(18-3)11(2)15(12)19-4/h5-9H,1-4H3,(H,16,17)/b7-5+,10-6+. The third-order valence-corrected chi connectivity index (χ3v) is 2.79. The van der Waals surface area contributed by atoms with Crippen molar-refractivity contribution in [3.05, 3.63) is 41.5 Å². The van der Waals surface area contributed by atoms with Crippen LogP contribution in [0, 0.1) is 6.92 Å². The van der Waals surface area contributed by atoms with Gasteiger partial charge in [0, 0.05) is 17.2 Å². The van der Waals surface area contributed by atoms with E-state index in [0.717, 1.165) is 34.3 Å². The predicted molar refractivity (Wildman–Crippen MR) is 74.7 cm³/mol. The van der Waals surface area contributed by atoms with Crippen molar-refractivity contribution in [1.82, 2.24) is 0 Å². The normalized spacial score (nSPS) is 11.7. The lowest BCUT2D eigenvalue weighted by atomic mass is 10.0. The molecule has 1 aromatic rings. The van der Waals surface area contributed by atoms with Gasteiger partial charge in [0.05, 0.1) is 14.2 Å². The molecule has 0 aliphatic heterocycles. The summed E-state index contributed by atoms with van der Waals surface area (Å²) in [6, 6.07) is 3.76. The third-order valence-electron chi connectivity index (χ3n) is 2.79. The number of carboxylic acids is 1. The van der Waals surface area contributed by atoms with Crippen molar-refractivity contribution in [2.75, 3.05) is 14.2 Å². The number of ether oxygens (including phenoxy) is 2. The quantitative estimate of drug-likeness (QED) is 0.654. The monoisotopic (exact) mass is 262 g/mol. The van der Waals surface area contributed by atoms with E-state index in [1.54, 1.807) is 20.3 Å². The van der Waals surface area contributed by atoms with Gasteiger partial charge in [0.2, 0.25) is 0 Å². The van der Waals surface area contributed by atoms with Crippen LogP contribution in [0.3, 0.4) is 0 Å². The Labute approximate surface area is 113 Å². The van der Waals surface area contributed by atoms with E-state index in [9.17, 15) is 4.79 Å². The summed E-state index contributed by atoms with van der Waals surface area (Å²) in [5.41, 5.74) is 2.74. The molecule has 0 saturated carbocycles. The van der Waals surface area contributed by atoms with Gasteiger partial charge in [-0.3, -0.25) is 0 Å². The molecule has 0 heterocycles. The summed E-state index contributed by atoms with van der Waals surface area (Å²) in [5, 5.41) is 8.55. The van der Waals surface area contributed by atoms with E-state index in [4.69, 9.17) is 14.6 Å². The molecule has 0 saturated heterocycles. The fourth-order valence-electron chi connectivity index (χ4n) is 1.83. The number of hydrogen-bond acceptors (Lipinski definition) is 3. The molecule has 0 spiro atoms. The molecular weight excluding hydrogens is 244 g/mol. The first-order valence-electron chi connectivity index (χ1n) is 5.81. The molecule has 4 heteroatoms. The Morgan fingerprint density at radius 1 is 1.26 bits per heavy atom. The minimum absolute atomic E-state index is 0.733. The molecule has 0 aliphatic carbocycles. The summed E-state index contributed by atoms with van der Waals surface area (Å²) in [6.07, 6.45) is 4.32. The molecule has 0 atom stereocenters. The second-order valence-electron chi connectivity index (χ2n) is 4.02. The lowest BCUT2D eigenvalue weighted by Crippen LogP contribution is -1.96. The first kappa shape index (κ1) is 14.8. The molecule has 1 rings (SSSR count). The van der Waals surface area contributed by atoms with Crippen molar-refractivity contribution in [2.45, 2.75) is 13.8 Å². The fraction of sp³-hybridized carbons (Fsp3) is 0.267. The molecule has 0 radical (unpaired) electrons. The number of hydrogen-bond donors (Lipinski definition) is 1. The van der Waals surface area contributed by atoms with Gasteiger partial charge in [0.15, 0.2) is 0 Å². The number of allylic oxidation sites excluding steroid dienone is 3. The summed E-state index contributed by atoms with van der Waals surface area (Å²) >= 11 is 0. The third kappa shape index (κ3) is 3.61. The second kappa shape index (κ2) is 6.64. The predicted octanol–water partition coefficient (Wildman–Crippen LogP) is 3.06. The maximum Gasteiger partial charge on any atom is 0.328 e. The summed E-state index contributed by atoms with van der Waals surface area (Å²) in [6.45, 7) is 3.82. The first-order valence-corrected chi connectivity index (χ1v) is 5.81. The Morgan fingerprint density at radius 3 is 2.47 bits per heavy atom. The molecule has 0 aromatic heterocycles. The van der Waals surface area contributed by atoms with Crippen LogP contribution < -0.4 is 9.47 Å². The van der Waals surface area contributed by atoms with Crippen LogP contribution in [0.1, 0.15) is 18.1 Å². The van der Waals surface area contributed by atoms with E-state index < -0.39 is 5.97 Å². The Kier molecular flexibility index (Phi) is 5.18. The zero-order valence-electron chi connectivity index (χ0n) is 11.6. The van der Waals surface area contributed by atoms with Crippen LogP contribution in [0.25, 0.3) is 5.57 Å². The van der Waals surface area contributed by atoms with E-state index in [1.165, 1.54) is 6.08 Å². The van der Waals surface area contributed by atoms with Gasteiger partial charge >= 0.3 is 5.97 Å². The lowest BCUT2D eigenvalue weighted by molar-refractivity contribution is -0.131. The van der Waals surface area contributed by atoms with Crippen molar-refractivity contribution in [3.8, 4) is 11.5 Å². The van der Waals surface area contributed by atoms with Crippen molar-refractivity contribution < 1.29 is 19.4 Å². The first-order chi connectivity index (χ1) is 9.01. The maximum absolute atomic E-state index is 10.4. The minimum Gasteiger partial charge on any atom is -0.496 e. The molecule has 1 aromatic carbocycles. The molecule has 4 nitrogen and oxygen atoms in total. The van der Waals surface area contributed by atoms with E-state index in [0.29, 0.717) is 0 Å². The van der Waals surface area contributed by atoms with Crippen LogP contribution in [0.5, 0.6) is 11.5 Å². The number of aliphatic carboxylic acids is 1. The highest BCUT2D eigenvalue weighted by Gasteiger charge is 2.11. The number of methoxy groups -OCH3 is 2. The Bertz CT molecular complexity index is 527. The van der Waals surface area contributed by atoms with E-state index >= 15 is 0 Å².